The standard InChI is InChI=1S/C19H15FN4O3S/c20-15-5-1-13(2-6-15)11-21-19(28)23-22-12-17-9-10-18(27-17)14-3-7-16(8-4-14)24(25)26/h1-10,12H,11H2,(H2,21,23,28)/b22-12-. The van der Waals surface area contributed by atoms with E-state index in [4.69, 9.17) is 16.6 Å². The second-order valence-corrected chi connectivity index (χ2v) is 6.09. The fourth-order valence-corrected chi connectivity index (χ4v) is 2.43. The molecule has 0 aliphatic rings. The number of hydrogen-bond donors (Lipinski definition) is 2. The normalized spacial score (nSPS) is 10.8. The van der Waals surface area contributed by atoms with Crippen LogP contribution in [0.2, 0.25) is 0 Å². The van der Waals surface area contributed by atoms with Gasteiger partial charge in [0.05, 0.1) is 11.1 Å². The minimum absolute atomic E-state index is 0.0166. The molecule has 0 unspecified atom stereocenters. The van der Waals surface area contributed by atoms with E-state index in [9.17, 15) is 14.5 Å². The van der Waals surface area contributed by atoms with Gasteiger partial charge in [0.2, 0.25) is 0 Å². The third kappa shape index (κ3) is 5.21. The Kier molecular flexibility index (Phi) is 6.07. The number of benzene rings is 2. The fraction of sp³-hybridized carbons (Fsp3) is 0.0526. The molecule has 0 spiro atoms. The van der Waals surface area contributed by atoms with E-state index in [1.54, 1.807) is 36.4 Å². The molecule has 2 N–H and O–H groups in total. The van der Waals surface area contributed by atoms with Crippen LogP contribution in [0.15, 0.2) is 70.2 Å². The van der Waals surface area contributed by atoms with Crippen LogP contribution in [0.25, 0.3) is 11.3 Å². The van der Waals surface area contributed by atoms with Crippen molar-refractivity contribution in [2.24, 2.45) is 5.10 Å². The first-order chi connectivity index (χ1) is 13.5. The van der Waals surface area contributed by atoms with E-state index in [1.807, 2.05) is 0 Å². The van der Waals surface area contributed by atoms with Crippen LogP contribution in [0.1, 0.15) is 11.3 Å². The van der Waals surface area contributed by atoms with Gasteiger partial charge in [-0.2, -0.15) is 5.10 Å². The first kappa shape index (κ1) is 19.2. The third-order valence-electron chi connectivity index (χ3n) is 3.71. The Morgan fingerprint density at radius 1 is 1.14 bits per heavy atom. The number of nitro groups is 1. The minimum atomic E-state index is -0.456. The Balaban J connectivity index is 1.51. The Labute approximate surface area is 165 Å². The van der Waals surface area contributed by atoms with Crippen LogP contribution in [0.5, 0.6) is 0 Å². The molecule has 0 aliphatic carbocycles. The minimum Gasteiger partial charge on any atom is -0.455 e. The second kappa shape index (κ2) is 8.87. The molecule has 3 rings (SSSR count). The lowest BCUT2D eigenvalue weighted by Gasteiger charge is -2.06. The predicted octanol–water partition coefficient (Wildman–Crippen LogP) is 3.99. The van der Waals surface area contributed by atoms with Gasteiger partial charge in [0.25, 0.3) is 5.69 Å². The summed E-state index contributed by atoms with van der Waals surface area (Å²) >= 11 is 5.11. The molecule has 142 valence electrons. The largest absolute Gasteiger partial charge is 0.455 e. The molecule has 2 aromatic carbocycles. The van der Waals surface area contributed by atoms with Crippen LogP contribution in [0, 0.1) is 15.9 Å². The van der Waals surface area contributed by atoms with E-state index in [2.05, 4.69) is 15.8 Å². The molecular weight excluding hydrogens is 383 g/mol. The predicted molar refractivity (Wildman–Crippen MR) is 107 cm³/mol. The van der Waals surface area contributed by atoms with Gasteiger partial charge in [-0.1, -0.05) is 12.1 Å². The number of non-ortho nitro benzene ring substituents is 1. The van der Waals surface area contributed by atoms with Crippen LogP contribution in [0.3, 0.4) is 0 Å². The zero-order valence-electron chi connectivity index (χ0n) is 14.5. The van der Waals surface area contributed by atoms with Crippen molar-refractivity contribution < 1.29 is 13.7 Å². The summed E-state index contributed by atoms with van der Waals surface area (Å²) in [5, 5.41) is 17.9. The van der Waals surface area contributed by atoms with Crippen molar-refractivity contribution in [2.75, 3.05) is 0 Å². The number of furan rings is 1. The fourth-order valence-electron chi connectivity index (χ4n) is 2.30. The average molecular weight is 398 g/mol. The molecule has 3 aromatic rings. The van der Waals surface area contributed by atoms with Gasteiger partial charge in [0.1, 0.15) is 17.3 Å². The van der Waals surface area contributed by atoms with E-state index in [0.717, 1.165) is 11.1 Å². The summed E-state index contributed by atoms with van der Waals surface area (Å²) in [6, 6.07) is 15.6. The van der Waals surface area contributed by atoms with E-state index >= 15 is 0 Å². The molecule has 7 nitrogen and oxygen atoms in total. The van der Waals surface area contributed by atoms with E-state index in [-0.39, 0.29) is 11.5 Å². The van der Waals surface area contributed by atoms with E-state index < -0.39 is 4.92 Å². The average Bonchev–Trinajstić information content (AvgIpc) is 3.16. The summed E-state index contributed by atoms with van der Waals surface area (Å²) in [6.45, 7) is 0.437. The third-order valence-corrected chi connectivity index (χ3v) is 3.95. The van der Waals surface area contributed by atoms with Crippen molar-refractivity contribution in [3.8, 4) is 11.3 Å². The van der Waals surface area contributed by atoms with Crippen molar-refractivity contribution in [1.82, 2.24) is 10.7 Å². The summed E-state index contributed by atoms with van der Waals surface area (Å²) < 4.78 is 18.5. The van der Waals surface area contributed by atoms with Crippen molar-refractivity contribution >= 4 is 29.2 Å². The maximum atomic E-state index is 12.9. The number of nitrogens with one attached hydrogen (secondary N) is 2. The lowest BCUT2D eigenvalue weighted by molar-refractivity contribution is -0.384. The molecule has 0 radical (unpaired) electrons. The van der Waals surface area contributed by atoms with Gasteiger partial charge in [-0.3, -0.25) is 15.5 Å². The molecule has 0 atom stereocenters. The molecule has 0 aliphatic heterocycles. The highest BCUT2D eigenvalue weighted by atomic mass is 32.1. The van der Waals surface area contributed by atoms with Crippen molar-refractivity contribution in [2.45, 2.75) is 6.54 Å². The van der Waals surface area contributed by atoms with Crippen LogP contribution in [0.4, 0.5) is 10.1 Å². The highest BCUT2D eigenvalue weighted by Crippen LogP contribution is 2.23. The molecule has 28 heavy (non-hydrogen) atoms. The van der Waals surface area contributed by atoms with Gasteiger partial charge in [-0.15, -0.1) is 0 Å². The van der Waals surface area contributed by atoms with Crippen molar-refractivity contribution in [3.63, 3.8) is 0 Å². The Morgan fingerprint density at radius 2 is 1.86 bits per heavy atom. The summed E-state index contributed by atoms with van der Waals surface area (Å²) in [4.78, 5) is 10.2. The number of hydrazone groups is 1. The molecular formula is C19H15FN4O3S. The smallest absolute Gasteiger partial charge is 0.269 e. The van der Waals surface area contributed by atoms with Crippen LogP contribution >= 0.6 is 12.2 Å². The Morgan fingerprint density at radius 3 is 2.54 bits per heavy atom. The topological polar surface area (TPSA) is 92.7 Å². The number of halogens is 1. The molecule has 1 aromatic heterocycles. The second-order valence-electron chi connectivity index (χ2n) is 5.69. The van der Waals surface area contributed by atoms with Gasteiger partial charge in [-0.05, 0) is 54.2 Å². The Hall–Kier alpha value is -3.59. The van der Waals surface area contributed by atoms with Gasteiger partial charge in [0, 0.05) is 24.2 Å². The Bertz CT molecular complexity index is 1000. The lowest BCUT2D eigenvalue weighted by Crippen LogP contribution is -2.31. The molecule has 0 saturated carbocycles. The zero-order chi connectivity index (χ0) is 19.9. The number of nitrogens with zero attached hydrogens (tertiary/aromatic N) is 2. The van der Waals surface area contributed by atoms with E-state index in [1.165, 1.54) is 30.5 Å². The highest BCUT2D eigenvalue weighted by Gasteiger charge is 2.08. The summed E-state index contributed by atoms with van der Waals surface area (Å²) in [6.07, 6.45) is 1.46. The maximum absolute atomic E-state index is 12.9. The molecule has 0 fully saturated rings. The monoisotopic (exact) mass is 398 g/mol. The zero-order valence-corrected chi connectivity index (χ0v) is 15.3. The maximum Gasteiger partial charge on any atom is 0.269 e. The highest BCUT2D eigenvalue weighted by molar-refractivity contribution is 7.80. The number of rotatable bonds is 6. The van der Waals surface area contributed by atoms with Crippen molar-refractivity contribution in [1.29, 1.82) is 0 Å². The number of hydrogen-bond acceptors (Lipinski definition) is 5. The lowest BCUT2D eigenvalue weighted by atomic mass is 10.1. The molecule has 0 saturated heterocycles. The molecule has 0 bridgehead atoms. The number of nitro benzene ring substituents is 1. The van der Waals surface area contributed by atoms with Crippen molar-refractivity contribution in [3.05, 3.63) is 87.9 Å². The van der Waals surface area contributed by atoms with Gasteiger partial charge in [0.15, 0.2) is 5.11 Å². The first-order valence-corrected chi connectivity index (χ1v) is 8.58. The molecule has 9 heteroatoms. The summed E-state index contributed by atoms with van der Waals surface area (Å²) in [5.41, 5.74) is 4.28. The quantitative estimate of drug-likeness (QED) is 0.282. The van der Waals surface area contributed by atoms with Crippen LogP contribution in [-0.2, 0) is 6.54 Å². The van der Waals surface area contributed by atoms with Gasteiger partial charge >= 0.3 is 0 Å². The summed E-state index contributed by atoms with van der Waals surface area (Å²) in [7, 11) is 0. The summed E-state index contributed by atoms with van der Waals surface area (Å²) in [5.74, 6) is 0.760. The number of thiocarbonyl (C=S) groups is 1. The van der Waals surface area contributed by atoms with Crippen LogP contribution in [-0.4, -0.2) is 16.3 Å². The van der Waals surface area contributed by atoms with Crippen LogP contribution < -0.4 is 10.7 Å². The van der Waals surface area contributed by atoms with E-state index in [0.29, 0.717) is 23.2 Å². The molecule has 0 amide bonds. The molecule has 1 heterocycles. The van der Waals surface area contributed by atoms with Gasteiger partial charge < -0.3 is 9.73 Å². The van der Waals surface area contributed by atoms with Gasteiger partial charge in [-0.25, -0.2) is 4.39 Å². The SMILES string of the molecule is O=[N+]([O-])c1ccc(-c2ccc(/C=N\NC(=S)NCc3ccc(F)cc3)o2)cc1. The first-order valence-electron chi connectivity index (χ1n) is 8.17.